The minimum Gasteiger partial charge on any atom is -0.463 e. The number of unbranched alkanes of at least 4 members (excludes halogenated alkanes) is 7. The van der Waals surface area contributed by atoms with Crippen LogP contribution in [0.15, 0.2) is 12.2 Å². The first-order valence-corrected chi connectivity index (χ1v) is 13.1. The highest BCUT2D eigenvalue weighted by molar-refractivity contribution is 5.89. The SMILES string of the molecule is CCCCCCC(=O)CCCCCCC=CC1CC(OC(C)=O)C(COC(C)=O)(NC(C)=O)C(=O)O1. The Morgan fingerprint density at radius 2 is 1.61 bits per heavy atom. The number of carbonyl (C=O) groups excluding carboxylic acids is 5. The Labute approximate surface area is 214 Å². The highest BCUT2D eigenvalue weighted by Gasteiger charge is 2.55. The molecule has 0 aromatic heterocycles. The lowest BCUT2D eigenvalue weighted by molar-refractivity contribution is -0.188. The van der Waals surface area contributed by atoms with E-state index in [4.69, 9.17) is 14.2 Å². The molecule has 0 bridgehead atoms. The summed E-state index contributed by atoms with van der Waals surface area (Å²) in [7, 11) is 0. The maximum Gasteiger partial charge on any atom is 0.340 e. The predicted molar refractivity (Wildman–Crippen MR) is 134 cm³/mol. The number of amides is 1. The maximum atomic E-state index is 12.9. The first-order chi connectivity index (χ1) is 17.1. The van der Waals surface area contributed by atoms with E-state index in [1.807, 2.05) is 6.08 Å². The molecule has 1 amide bonds. The van der Waals surface area contributed by atoms with E-state index in [9.17, 15) is 24.0 Å². The topological polar surface area (TPSA) is 125 Å². The van der Waals surface area contributed by atoms with Crippen molar-refractivity contribution >= 4 is 29.6 Å². The Balaban J connectivity index is 2.53. The predicted octanol–water partition coefficient (Wildman–Crippen LogP) is 4.11. The van der Waals surface area contributed by atoms with Crippen molar-refractivity contribution in [1.82, 2.24) is 5.32 Å². The molecule has 1 heterocycles. The molecule has 0 aromatic rings. The first-order valence-electron chi connectivity index (χ1n) is 13.1. The van der Waals surface area contributed by atoms with Crippen molar-refractivity contribution in [2.45, 2.75) is 122 Å². The van der Waals surface area contributed by atoms with Gasteiger partial charge in [-0.3, -0.25) is 19.2 Å². The van der Waals surface area contributed by atoms with Crippen LogP contribution in [0.2, 0.25) is 0 Å². The molecule has 9 nitrogen and oxygen atoms in total. The van der Waals surface area contributed by atoms with Crippen LogP contribution in [-0.2, 0) is 38.2 Å². The van der Waals surface area contributed by atoms with Crippen molar-refractivity contribution in [3.05, 3.63) is 12.2 Å². The second kappa shape index (κ2) is 16.9. The van der Waals surface area contributed by atoms with Gasteiger partial charge in [-0.05, 0) is 31.8 Å². The van der Waals surface area contributed by atoms with E-state index < -0.39 is 48.2 Å². The van der Waals surface area contributed by atoms with Gasteiger partial charge in [-0.1, -0.05) is 45.1 Å². The van der Waals surface area contributed by atoms with Crippen molar-refractivity contribution in [3.63, 3.8) is 0 Å². The molecule has 0 aliphatic carbocycles. The summed E-state index contributed by atoms with van der Waals surface area (Å²) in [6.07, 6.45) is 12.5. The molecule has 1 saturated heterocycles. The molecule has 1 fully saturated rings. The van der Waals surface area contributed by atoms with Gasteiger partial charge in [0.25, 0.3) is 0 Å². The molecule has 204 valence electrons. The molecule has 1 rings (SSSR count). The Hall–Kier alpha value is -2.71. The maximum absolute atomic E-state index is 12.9. The van der Waals surface area contributed by atoms with Crippen LogP contribution in [0.25, 0.3) is 0 Å². The van der Waals surface area contributed by atoms with Gasteiger partial charge in [0, 0.05) is 40.0 Å². The molecule has 0 saturated carbocycles. The monoisotopic (exact) mass is 509 g/mol. The largest absolute Gasteiger partial charge is 0.463 e. The number of ether oxygens (including phenoxy) is 3. The highest BCUT2D eigenvalue weighted by Crippen LogP contribution is 2.30. The fourth-order valence-corrected chi connectivity index (χ4v) is 4.21. The van der Waals surface area contributed by atoms with E-state index in [-0.39, 0.29) is 6.42 Å². The average molecular weight is 510 g/mol. The van der Waals surface area contributed by atoms with E-state index in [1.165, 1.54) is 33.6 Å². The van der Waals surface area contributed by atoms with E-state index in [0.29, 0.717) is 18.6 Å². The first kappa shape index (κ1) is 31.3. The molecule has 0 spiro atoms. The van der Waals surface area contributed by atoms with Gasteiger partial charge in [0.05, 0.1) is 0 Å². The van der Waals surface area contributed by atoms with E-state index in [0.717, 1.165) is 44.9 Å². The summed E-state index contributed by atoms with van der Waals surface area (Å²) in [4.78, 5) is 59.7. The van der Waals surface area contributed by atoms with E-state index in [2.05, 4.69) is 12.2 Å². The van der Waals surface area contributed by atoms with Crippen LogP contribution < -0.4 is 5.32 Å². The molecule has 3 atom stereocenters. The Kier molecular flexibility index (Phi) is 14.7. The molecule has 0 aromatic carbocycles. The van der Waals surface area contributed by atoms with Crippen molar-refractivity contribution in [3.8, 4) is 0 Å². The number of esters is 3. The number of carbonyl (C=O) groups is 5. The van der Waals surface area contributed by atoms with Gasteiger partial charge < -0.3 is 19.5 Å². The van der Waals surface area contributed by atoms with E-state index >= 15 is 0 Å². The molecule has 3 unspecified atom stereocenters. The van der Waals surface area contributed by atoms with Gasteiger partial charge in [-0.2, -0.15) is 0 Å². The highest BCUT2D eigenvalue weighted by atomic mass is 16.6. The molecular formula is C27H43NO8. The van der Waals surface area contributed by atoms with Crippen LogP contribution in [0.4, 0.5) is 0 Å². The lowest BCUT2D eigenvalue weighted by atomic mass is 9.85. The quantitative estimate of drug-likeness (QED) is 0.134. The lowest BCUT2D eigenvalue weighted by Gasteiger charge is -2.42. The third kappa shape index (κ3) is 11.8. The molecule has 1 N–H and O–H groups in total. The summed E-state index contributed by atoms with van der Waals surface area (Å²) in [5, 5.41) is 2.48. The fraction of sp³-hybridized carbons (Fsp3) is 0.741. The number of allylic oxidation sites excluding steroid dienone is 1. The van der Waals surface area contributed by atoms with Crippen molar-refractivity contribution in [2.75, 3.05) is 6.61 Å². The van der Waals surface area contributed by atoms with Gasteiger partial charge in [-0.15, -0.1) is 0 Å². The zero-order chi connectivity index (χ0) is 27.0. The second-order valence-corrected chi connectivity index (χ2v) is 9.44. The molecule has 9 heteroatoms. The fourth-order valence-electron chi connectivity index (χ4n) is 4.21. The Morgan fingerprint density at radius 1 is 0.972 bits per heavy atom. The molecule has 1 aliphatic heterocycles. The third-order valence-corrected chi connectivity index (χ3v) is 6.07. The van der Waals surface area contributed by atoms with Crippen molar-refractivity contribution in [2.24, 2.45) is 0 Å². The van der Waals surface area contributed by atoms with Gasteiger partial charge in [0.2, 0.25) is 11.4 Å². The van der Waals surface area contributed by atoms with Gasteiger partial charge in [0.1, 0.15) is 24.6 Å². The normalized spacial score (nSPS) is 21.6. The summed E-state index contributed by atoms with van der Waals surface area (Å²) in [6, 6.07) is 0. The molecule has 1 aliphatic rings. The summed E-state index contributed by atoms with van der Waals surface area (Å²) >= 11 is 0. The lowest BCUT2D eigenvalue weighted by Crippen LogP contribution is -2.69. The smallest absolute Gasteiger partial charge is 0.340 e. The van der Waals surface area contributed by atoms with Crippen LogP contribution in [0.1, 0.15) is 105 Å². The third-order valence-electron chi connectivity index (χ3n) is 6.07. The zero-order valence-corrected chi connectivity index (χ0v) is 22.3. The van der Waals surface area contributed by atoms with Crippen LogP contribution in [0.5, 0.6) is 0 Å². The number of rotatable bonds is 17. The number of nitrogens with one attached hydrogen (secondary N) is 1. The van der Waals surface area contributed by atoms with Crippen molar-refractivity contribution < 1.29 is 38.2 Å². The average Bonchev–Trinajstić information content (AvgIpc) is 2.79. The van der Waals surface area contributed by atoms with Crippen LogP contribution >= 0.6 is 0 Å². The van der Waals surface area contributed by atoms with Crippen LogP contribution in [0.3, 0.4) is 0 Å². The summed E-state index contributed by atoms with van der Waals surface area (Å²) in [5.41, 5.74) is -1.80. The van der Waals surface area contributed by atoms with Crippen LogP contribution in [0, 0.1) is 0 Å². The second-order valence-electron chi connectivity index (χ2n) is 9.44. The van der Waals surface area contributed by atoms with Gasteiger partial charge in [0.15, 0.2) is 0 Å². The van der Waals surface area contributed by atoms with Gasteiger partial charge in [-0.25, -0.2) is 4.79 Å². The summed E-state index contributed by atoms with van der Waals surface area (Å²) in [6.45, 7) is 5.24. The molecular weight excluding hydrogens is 466 g/mol. The van der Waals surface area contributed by atoms with Gasteiger partial charge >= 0.3 is 17.9 Å². The number of cyclic esters (lactones) is 1. The molecule has 36 heavy (non-hydrogen) atoms. The number of hydrogen-bond donors (Lipinski definition) is 1. The summed E-state index contributed by atoms with van der Waals surface area (Å²) in [5.74, 6) is -2.30. The standard InChI is InChI=1S/C27H43NO8/c1-5-6-7-12-15-23(32)16-13-10-8-9-11-14-17-24-18-25(35-22(4)31)27(26(33)36-24,28-20(2)29)19-34-21(3)30/h14,17,24-25H,5-13,15-16,18-19H2,1-4H3,(H,28,29). The van der Waals surface area contributed by atoms with Crippen LogP contribution in [-0.4, -0.2) is 54.0 Å². The number of ketones is 1. The minimum absolute atomic E-state index is 0.115. The summed E-state index contributed by atoms with van der Waals surface area (Å²) < 4.78 is 15.9. The number of Topliss-reactive ketones (excluding diaryl/α,β-unsaturated/α-hetero) is 1. The van der Waals surface area contributed by atoms with E-state index in [1.54, 1.807) is 6.08 Å². The Bertz CT molecular complexity index is 778. The zero-order valence-electron chi connectivity index (χ0n) is 22.3. The Morgan fingerprint density at radius 3 is 2.19 bits per heavy atom. The minimum atomic E-state index is -1.80. The van der Waals surface area contributed by atoms with Crippen molar-refractivity contribution in [1.29, 1.82) is 0 Å². The number of hydrogen-bond acceptors (Lipinski definition) is 8. The molecule has 0 radical (unpaired) electrons.